The second kappa shape index (κ2) is 3.96. The molecule has 0 amide bonds. The first-order valence-electron chi connectivity index (χ1n) is 6.15. The van der Waals surface area contributed by atoms with Crippen LogP contribution in [0.1, 0.15) is 13.3 Å². The van der Waals surface area contributed by atoms with Crippen LogP contribution in [0.15, 0.2) is 22.5 Å². The van der Waals surface area contributed by atoms with Gasteiger partial charge in [-0.2, -0.15) is 0 Å². The van der Waals surface area contributed by atoms with Crippen LogP contribution in [-0.4, -0.2) is 21.7 Å². The fourth-order valence-corrected chi connectivity index (χ4v) is 5.03. The second-order valence-corrected chi connectivity index (χ2v) is 17.7. The van der Waals surface area contributed by atoms with E-state index in [0.29, 0.717) is 0 Å². The summed E-state index contributed by atoms with van der Waals surface area (Å²) in [5.41, 5.74) is 6.25. The zero-order valence-electron chi connectivity index (χ0n) is 11.9. The molecule has 0 saturated carbocycles. The Hall–Kier alpha value is -0.126. The van der Waals surface area contributed by atoms with Gasteiger partial charge in [0.2, 0.25) is 0 Å². The molecule has 0 aromatic heterocycles. The molecule has 0 bridgehead atoms. The standard InChI is InChI=1S/C13H27NSi2/c1-13(14)9-11(15(2,3)4)8-12(10-13)16(5,6)7/h8-9H,10,14H2,1-7H3. The van der Waals surface area contributed by atoms with Gasteiger partial charge in [-0.15, -0.1) is 0 Å². The number of rotatable bonds is 2. The second-order valence-electron chi connectivity index (χ2n) is 7.45. The number of hydrogen-bond donors (Lipinski definition) is 1. The van der Waals surface area contributed by atoms with Gasteiger partial charge in [-0.3, -0.25) is 0 Å². The van der Waals surface area contributed by atoms with Crippen LogP contribution in [0, 0.1) is 0 Å². The maximum absolute atomic E-state index is 6.38. The SMILES string of the molecule is CC1(N)C=C([Si](C)(C)C)C=C([Si](C)(C)C)C1. The molecule has 2 N–H and O–H groups in total. The van der Waals surface area contributed by atoms with Crippen molar-refractivity contribution >= 4 is 16.1 Å². The van der Waals surface area contributed by atoms with Crippen molar-refractivity contribution in [2.24, 2.45) is 5.73 Å². The van der Waals surface area contributed by atoms with Gasteiger partial charge < -0.3 is 5.73 Å². The number of hydrogen-bond acceptors (Lipinski definition) is 1. The van der Waals surface area contributed by atoms with E-state index in [9.17, 15) is 0 Å². The summed E-state index contributed by atoms with van der Waals surface area (Å²) < 4.78 is 0. The molecule has 0 aliphatic heterocycles. The van der Waals surface area contributed by atoms with Gasteiger partial charge in [0.1, 0.15) is 0 Å². The van der Waals surface area contributed by atoms with Crippen molar-refractivity contribution in [1.82, 2.24) is 0 Å². The summed E-state index contributed by atoms with van der Waals surface area (Å²) in [5.74, 6) is 0. The van der Waals surface area contributed by atoms with Gasteiger partial charge >= 0.3 is 0 Å². The molecule has 1 nitrogen and oxygen atoms in total. The van der Waals surface area contributed by atoms with E-state index >= 15 is 0 Å². The van der Waals surface area contributed by atoms with Crippen LogP contribution < -0.4 is 5.73 Å². The van der Waals surface area contributed by atoms with Crippen molar-refractivity contribution in [3.05, 3.63) is 22.5 Å². The van der Waals surface area contributed by atoms with Gasteiger partial charge in [0, 0.05) is 5.54 Å². The van der Waals surface area contributed by atoms with Crippen LogP contribution >= 0.6 is 0 Å². The molecule has 0 aromatic rings. The molecule has 3 heteroatoms. The highest BCUT2D eigenvalue weighted by molar-refractivity contribution is 6.85. The highest BCUT2D eigenvalue weighted by Gasteiger charge is 2.32. The monoisotopic (exact) mass is 253 g/mol. The molecule has 1 aliphatic carbocycles. The van der Waals surface area contributed by atoms with Crippen LogP contribution in [-0.2, 0) is 0 Å². The average Bonchev–Trinajstić information content (AvgIpc) is 1.97. The zero-order valence-corrected chi connectivity index (χ0v) is 13.9. The first-order valence-corrected chi connectivity index (χ1v) is 13.2. The smallest absolute Gasteiger partial charge is 0.0772 e. The summed E-state index contributed by atoms with van der Waals surface area (Å²) in [4.78, 5) is 0. The van der Waals surface area contributed by atoms with Gasteiger partial charge in [0.25, 0.3) is 0 Å². The van der Waals surface area contributed by atoms with E-state index in [1.807, 2.05) is 0 Å². The summed E-state index contributed by atoms with van der Waals surface area (Å²) in [5, 5.41) is 3.18. The van der Waals surface area contributed by atoms with Crippen LogP contribution in [0.3, 0.4) is 0 Å². The molecule has 1 aliphatic rings. The third-order valence-electron chi connectivity index (χ3n) is 3.22. The van der Waals surface area contributed by atoms with E-state index in [-0.39, 0.29) is 5.54 Å². The van der Waals surface area contributed by atoms with Crippen LogP contribution in [0.5, 0.6) is 0 Å². The highest BCUT2D eigenvalue weighted by atomic mass is 28.3. The molecule has 1 rings (SSSR count). The first kappa shape index (κ1) is 13.9. The largest absolute Gasteiger partial charge is 0.322 e. The van der Waals surface area contributed by atoms with Crippen molar-refractivity contribution in [1.29, 1.82) is 0 Å². The molecule has 1 unspecified atom stereocenters. The Morgan fingerprint density at radius 3 is 1.94 bits per heavy atom. The highest BCUT2D eigenvalue weighted by Crippen LogP contribution is 2.33. The quantitative estimate of drug-likeness (QED) is 0.746. The van der Waals surface area contributed by atoms with Crippen molar-refractivity contribution < 1.29 is 0 Å². The molecular formula is C13H27NSi2. The van der Waals surface area contributed by atoms with Gasteiger partial charge in [-0.05, 0) is 13.3 Å². The van der Waals surface area contributed by atoms with Gasteiger partial charge in [-0.1, -0.05) is 61.8 Å². The maximum Gasteiger partial charge on any atom is 0.0772 e. The van der Waals surface area contributed by atoms with E-state index in [4.69, 9.17) is 5.73 Å². The molecule has 0 saturated heterocycles. The van der Waals surface area contributed by atoms with Gasteiger partial charge in [-0.25, -0.2) is 0 Å². The predicted molar refractivity (Wildman–Crippen MR) is 80.1 cm³/mol. The Kier molecular flexibility index (Phi) is 3.45. The average molecular weight is 254 g/mol. The summed E-state index contributed by atoms with van der Waals surface area (Å²) in [6.45, 7) is 16.6. The molecule has 0 spiro atoms. The van der Waals surface area contributed by atoms with E-state index in [1.165, 1.54) is 0 Å². The molecule has 0 aromatic carbocycles. The van der Waals surface area contributed by atoms with Crippen LogP contribution in [0.4, 0.5) is 0 Å². The third kappa shape index (κ3) is 3.43. The minimum atomic E-state index is -1.24. The Labute approximate surface area is 103 Å². The molecule has 0 radical (unpaired) electrons. The molecular weight excluding hydrogens is 226 g/mol. The Bertz CT molecular complexity index is 338. The lowest BCUT2D eigenvalue weighted by Gasteiger charge is -2.36. The Balaban J connectivity index is 3.19. The van der Waals surface area contributed by atoms with Crippen LogP contribution in [0.2, 0.25) is 39.3 Å². The van der Waals surface area contributed by atoms with Gasteiger partial charge in [0.15, 0.2) is 0 Å². The molecule has 16 heavy (non-hydrogen) atoms. The first-order chi connectivity index (χ1) is 6.92. The Morgan fingerprint density at radius 2 is 1.56 bits per heavy atom. The van der Waals surface area contributed by atoms with E-state index in [0.717, 1.165) is 6.42 Å². The third-order valence-corrected chi connectivity index (χ3v) is 7.48. The fraction of sp³-hybridized carbons (Fsp3) is 0.692. The van der Waals surface area contributed by atoms with Crippen molar-refractivity contribution in [3.8, 4) is 0 Å². The molecule has 0 fully saturated rings. The van der Waals surface area contributed by atoms with Crippen molar-refractivity contribution in [3.63, 3.8) is 0 Å². The minimum absolute atomic E-state index is 0.125. The summed E-state index contributed by atoms with van der Waals surface area (Å²) in [6, 6.07) is 0. The van der Waals surface area contributed by atoms with Gasteiger partial charge in [0.05, 0.1) is 16.1 Å². The lowest BCUT2D eigenvalue weighted by molar-refractivity contribution is 0.579. The zero-order chi connectivity index (χ0) is 12.8. The number of allylic oxidation sites excluding steroid dienone is 2. The summed E-state index contributed by atoms with van der Waals surface area (Å²) >= 11 is 0. The Morgan fingerprint density at radius 1 is 1.06 bits per heavy atom. The predicted octanol–water partition coefficient (Wildman–Crippen LogP) is 3.72. The lowest BCUT2D eigenvalue weighted by Crippen LogP contribution is -2.43. The normalized spacial score (nSPS) is 27.5. The minimum Gasteiger partial charge on any atom is -0.322 e. The van der Waals surface area contributed by atoms with E-state index in [2.05, 4.69) is 58.4 Å². The molecule has 92 valence electrons. The fourth-order valence-electron chi connectivity index (χ4n) is 2.01. The lowest BCUT2D eigenvalue weighted by atomic mass is 9.95. The van der Waals surface area contributed by atoms with E-state index in [1.54, 1.807) is 10.4 Å². The summed E-state index contributed by atoms with van der Waals surface area (Å²) in [6.07, 6.45) is 5.85. The molecule has 1 atom stereocenters. The van der Waals surface area contributed by atoms with Crippen LogP contribution in [0.25, 0.3) is 0 Å². The van der Waals surface area contributed by atoms with Crippen molar-refractivity contribution in [2.75, 3.05) is 0 Å². The van der Waals surface area contributed by atoms with E-state index < -0.39 is 16.1 Å². The number of nitrogens with two attached hydrogens (primary N) is 1. The molecule has 0 heterocycles. The topological polar surface area (TPSA) is 26.0 Å². The summed E-state index contributed by atoms with van der Waals surface area (Å²) in [7, 11) is -2.44. The van der Waals surface area contributed by atoms with Crippen molar-refractivity contribution in [2.45, 2.75) is 58.2 Å². The maximum atomic E-state index is 6.38.